The topological polar surface area (TPSA) is 41.6 Å². The number of nitrogens with zero attached hydrogens (tertiary/aromatic N) is 2. The van der Waals surface area contributed by atoms with Crippen molar-refractivity contribution >= 4 is 50.5 Å². The molecule has 2 heterocycles. The molecule has 2 aromatic rings. The van der Waals surface area contributed by atoms with E-state index in [4.69, 9.17) is 17.3 Å². The van der Waals surface area contributed by atoms with Gasteiger partial charge in [0, 0.05) is 20.1 Å². The number of aliphatic imine (C=N–C) groups is 1. The molecule has 6 heteroatoms. The zero-order valence-corrected chi connectivity index (χ0v) is 13.0. The van der Waals surface area contributed by atoms with Gasteiger partial charge in [0.25, 0.3) is 0 Å². The normalized spacial score (nSPS) is 18.7. The zero-order valence-electron chi connectivity index (χ0n) is 9.88. The first-order valence-corrected chi connectivity index (χ1v) is 7.79. The smallest absolute Gasteiger partial charge is 0.196 e. The van der Waals surface area contributed by atoms with Crippen molar-refractivity contribution in [2.45, 2.75) is 6.04 Å². The molecule has 0 radical (unpaired) electrons. The third-order valence-corrected chi connectivity index (χ3v) is 5.26. The van der Waals surface area contributed by atoms with Crippen LogP contribution in [0.2, 0.25) is 5.02 Å². The molecule has 0 saturated carbocycles. The molecule has 0 spiro atoms. The summed E-state index contributed by atoms with van der Waals surface area (Å²) < 4.78 is 1.10. The number of thiophene rings is 1. The number of hydrogen-bond donors (Lipinski definition) is 1. The molecule has 3 nitrogen and oxygen atoms in total. The predicted molar refractivity (Wildman–Crippen MR) is 85.2 cm³/mol. The van der Waals surface area contributed by atoms with Gasteiger partial charge in [0.1, 0.15) is 0 Å². The van der Waals surface area contributed by atoms with Crippen LogP contribution in [0.3, 0.4) is 0 Å². The minimum atomic E-state index is 0.149. The number of benzene rings is 1. The molecule has 0 saturated heterocycles. The van der Waals surface area contributed by atoms with Crippen molar-refractivity contribution in [3.63, 3.8) is 0 Å². The summed E-state index contributed by atoms with van der Waals surface area (Å²) in [5.74, 6) is 0.549. The maximum atomic E-state index is 6.03. The van der Waals surface area contributed by atoms with Crippen LogP contribution in [-0.4, -0.2) is 12.5 Å². The molecule has 1 aliphatic rings. The second kappa shape index (κ2) is 5.15. The Kier molecular flexibility index (Phi) is 3.52. The van der Waals surface area contributed by atoms with E-state index in [1.54, 1.807) is 11.3 Å². The van der Waals surface area contributed by atoms with Gasteiger partial charge in [0.2, 0.25) is 0 Å². The Hall–Kier alpha value is -1.04. The first-order valence-electron chi connectivity index (χ1n) is 5.74. The van der Waals surface area contributed by atoms with E-state index < -0.39 is 0 Å². The highest BCUT2D eigenvalue weighted by molar-refractivity contribution is 9.10. The van der Waals surface area contributed by atoms with Crippen LogP contribution in [0.15, 0.2) is 45.2 Å². The number of hydrogen-bond acceptors (Lipinski definition) is 4. The van der Waals surface area contributed by atoms with Crippen molar-refractivity contribution in [3.8, 4) is 0 Å². The van der Waals surface area contributed by atoms with Crippen LogP contribution in [0.25, 0.3) is 0 Å². The molecule has 1 aliphatic heterocycles. The van der Waals surface area contributed by atoms with Crippen molar-refractivity contribution in [2.75, 3.05) is 11.4 Å². The summed E-state index contributed by atoms with van der Waals surface area (Å²) in [5, 5.41) is 2.78. The van der Waals surface area contributed by atoms with Crippen molar-refractivity contribution < 1.29 is 0 Å². The molecule has 1 aromatic heterocycles. The second-order valence-electron chi connectivity index (χ2n) is 4.19. The van der Waals surface area contributed by atoms with Crippen LogP contribution in [0, 0.1) is 0 Å². The van der Waals surface area contributed by atoms with E-state index in [-0.39, 0.29) is 6.04 Å². The van der Waals surface area contributed by atoms with E-state index in [2.05, 4.69) is 32.4 Å². The summed E-state index contributed by atoms with van der Waals surface area (Å²) in [5.41, 5.74) is 7.04. The highest BCUT2D eigenvalue weighted by Gasteiger charge is 2.30. The average molecular weight is 357 g/mol. The molecular formula is C13H11BrClN3S. The summed E-state index contributed by atoms with van der Waals surface area (Å²) in [6.45, 7) is 0.674. The SMILES string of the molecule is NC1=NCC(c2sccc2Br)N1c1ccc(Cl)cc1. The molecule has 2 N–H and O–H groups in total. The minimum Gasteiger partial charge on any atom is -0.369 e. The van der Waals surface area contributed by atoms with Crippen LogP contribution in [0.1, 0.15) is 10.9 Å². The van der Waals surface area contributed by atoms with Crippen molar-refractivity contribution in [3.05, 3.63) is 50.1 Å². The van der Waals surface area contributed by atoms with Crippen LogP contribution < -0.4 is 10.6 Å². The number of nitrogens with two attached hydrogens (primary N) is 1. The van der Waals surface area contributed by atoms with E-state index in [1.165, 1.54) is 4.88 Å². The molecular weight excluding hydrogens is 346 g/mol. The van der Waals surface area contributed by atoms with E-state index in [0.717, 1.165) is 10.2 Å². The largest absolute Gasteiger partial charge is 0.369 e. The van der Waals surface area contributed by atoms with Gasteiger partial charge in [-0.2, -0.15) is 0 Å². The lowest BCUT2D eigenvalue weighted by Crippen LogP contribution is -2.35. The van der Waals surface area contributed by atoms with Gasteiger partial charge >= 0.3 is 0 Å². The second-order valence-corrected chi connectivity index (χ2v) is 6.43. The summed E-state index contributed by atoms with van der Waals surface area (Å²) >= 11 is 11.2. The number of halogens is 2. The fraction of sp³-hybridized carbons (Fsp3) is 0.154. The van der Waals surface area contributed by atoms with Gasteiger partial charge in [-0.15, -0.1) is 11.3 Å². The van der Waals surface area contributed by atoms with E-state index >= 15 is 0 Å². The highest BCUT2D eigenvalue weighted by atomic mass is 79.9. The summed E-state index contributed by atoms with van der Waals surface area (Å²) in [6, 6.07) is 9.85. The molecule has 0 aliphatic carbocycles. The van der Waals surface area contributed by atoms with Gasteiger partial charge in [-0.3, -0.25) is 4.99 Å². The molecule has 0 bridgehead atoms. The van der Waals surface area contributed by atoms with E-state index in [9.17, 15) is 0 Å². The minimum absolute atomic E-state index is 0.149. The molecule has 0 amide bonds. The fourth-order valence-electron chi connectivity index (χ4n) is 2.15. The Morgan fingerprint density at radius 1 is 1.32 bits per heavy atom. The predicted octanol–water partition coefficient (Wildman–Crippen LogP) is 4.04. The van der Waals surface area contributed by atoms with Crippen LogP contribution in [0.4, 0.5) is 5.69 Å². The zero-order chi connectivity index (χ0) is 13.4. The van der Waals surface area contributed by atoms with E-state index in [1.807, 2.05) is 29.2 Å². The molecule has 0 fully saturated rings. The Balaban J connectivity index is 1.99. The van der Waals surface area contributed by atoms with Crippen molar-refractivity contribution in [1.29, 1.82) is 0 Å². The van der Waals surface area contributed by atoms with Gasteiger partial charge in [-0.1, -0.05) is 11.6 Å². The maximum absolute atomic E-state index is 6.03. The molecule has 98 valence electrons. The lowest BCUT2D eigenvalue weighted by atomic mass is 10.2. The van der Waals surface area contributed by atoms with Crippen LogP contribution >= 0.6 is 38.9 Å². The average Bonchev–Trinajstić information content (AvgIpc) is 2.97. The summed E-state index contributed by atoms with van der Waals surface area (Å²) in [6.07, 6.45) is 0. The lowest BCUT2D eigenvalue weighted by Gasteiger charge is -2.26. The van der Waals surface area contributed by atoms with E-state index in [0.29, 0.717) is 17.5 Å². The first-order chi connectivity index (χ1) is 9.16. The molecule has 1 atom stereocenters. The van der Waals surface area contributed by atoms with Gasteiger partial charge in [0.05, 0.1) is 12.6 Å². The van der Waals surface area contributed by atoms with Gasteiger partial charge in [0.15, 0.2) is 5.96 Å². The third kappa shape index (κ3) is 2.38. The Labute approximate surface area is 128 Å². The number of rotatable bonds is 2. The van der Waals surface area contributed by atoms with Crippen molar-refractivity contribution in [2.24, 2.45) is 10.7 Å². The highest BCUT2D eigenvalue weighted by Crippen LogP contribution is 2.37. The number of guanidine groups is 1. The Morgan fingerprint density at radius 2 is 2.05 bits per heavy atom. The Bertz CT molecular complexity index is 623. The standard InChI is InChI=1S/C13H11BrClN3S/c14-10-5-6-19-12(10)11-7-17-13(16)18(11)9-3-1-8(15)2-4-9/h1-6,11H,7H2,(H2,16,17). The lowest BCUT2D eigenvalue weighted by molar-refractivity contribution is 0.781. The van der Waals surface area contributed by atoms with Gasteiger partial charge < -0.3 is 10.6 Å². The quantitative estimate of drug-likeness (QED) is 0.882. The van der Waals surface area contributed by atoms with Crippen molar-refractivity contribution in [1.82, 2.24) is 0 Å². The first kappa shape index (κ1) is 13.0. The van der Waals surface area contributed by atoms with Gasteiger partial charge in [-0.05, 0) is 51.6 Å². The summed E-state index contributed by atoms with van der Waals surface area (Å²) in [7, 11) is 0. The van der Waals surface area contributed by atoms with Crippen LogP contribution in [-0.2, 0) is 0 Å². The molecule has 1 aromatic carbocycles. The maximum Gasteiger partial charge on any atom is 0.196 e. The molecule has 19 heavy (non-hydrogen) atoms. The number of anilines is 1. The Morgan fingerprint density at radius 3 is 2.68 bits per heavy atom. The summed E-state index contributed by atoms with van der Waals surface area (Å²) in [4.78, 5) is 7.65. The third-order valence-electron chi connectivity index (χ3n) is 3.04. The monoisotopic (exact) mass is 355 g/mol. The fourth-order valence-corrected chi connectivity index (χ4v) is 4.00. The van der Waals surface area contributed by atoms with Gasteiger partial charge in [-0.25, -0.2) is 0 Å². The molecule has 3 rings (SSSR count). The molecule has 1 unspecified atom stereocenters. The van der Waals surface area contributed by atoms with Crippen LogP contribution in [0.5, 0.6) is 0 Å².